The highest BCUT2D eigenvalue weighted by Crippen LogP contribution is 2.58. The van der Waals surface area contributed by atoms with Crippen LogP contribution in [0.25, 0.3) is 0 Å². The van der Waals surface area contributed by atoms with Gasteiger partial charge < -0.3 is 15.2 Å². The molecule has 0 radical (unpaired) electrons. The van der Waals surface area contributed by atoms with E-state index in [0.717, 1.165) is 0 Å². The normalized spacial score (nSPS) is 21.8. The van der Waals surface area contributed by atoms with Crippen molar-refractivity contribution in [1.82, 2.24) is 0 Å². The smallest absolute Gasteiger partial charge is 0.340 e. The van der Waals surface area contributed by atoms with Gasteiger partial charge in [0.2, 0.25) is 5.91 Å². The summed E-state index contributed by atoms with van der Waals surface area (Å²) >= 11 is 5.84. The zero-order valence-electron chi connectivity index (χ0n) is 12.3. The summed E-state index contributed by atoms with van der Waals surface area (Å²) in [6.07, 6.45) is 0. The molecule has 1 saturated carbocycles. The molecule has 2 unspecified atom stereocenters. The molecule has 7 heteroatoms. The Kier molecular flexibility index (Phi) is 4.15. The van der Waals surface area contributed by atoms with Gasteiger partial charge in [0, 0.05) is 5.02 Å². The number of ether oxygens (including phenoxy) is 1. The lowest BCUT2D eigenvalue weighted by atomic mass is 10.1. The minimum atomic E-state index is -1.01. The van der Waals surface area contributed by atoms with E-state index in [1.807, 2.05) is 0 Å². The lowest BCUT2D eigenvalue weighted by Gasteiger charge is -2.10. The highest BCUT2D eigenvalue weighted by molar-refractivity contribution is 6.31. The monoisotopic (exact) mass is 325 g/mol. The summed E-state index contributed by atoms with van der Waals surface area (Å²) in [5.41, 5.74) is -0.255. The molecule has 0 aliphatic heterocycles. The number of carboxylic acids is 1. The van der Waals surface area contributed by atoms with Crippen molar-refractivity contribution in [3.63, 3.8) is 0 Å². The van der Waals surface area contributed by atoms with Crippen molar-refractivity contribution in [2.75, 3.05) is 12.4 Å². The van der Waals surface area contributed by atoms with Crippen LogP contribution in [0.1, 0.15) is 24.2 Å². The number of anilines is 1. The SMILES string of the molecule is COC(=O)c1cc(Cl)ccc1NC(=O)C1C(C(=O)O)C1(C)C. The number of halogens is 1. The average Bonchev–Trinajstić information content (AvgIpc) is 3.03. The third kappa shape index (κ3) is 2.78. The number of methoxy groups -OCH3 is 1. The van der Waals surface area contributed by atoms with Crippen molar-refractivity contribution in [3.05, 3.63) is 28.8 Å². The molecule has 2 rings (SSSR count). The van der Waals surface area contributed by atoms with E-state index >= 15 is 0 Å². The van der Waals surface area contributed by atoms with Crippen molar-refractivity contribution >= 4 is 35.1 Å². The molecule has 1 fully saturated rings. The molecule has 1 aliphatic carbocycles. The predicted octanol–water partition coefficient (Wildman–Crippen LogP) is 2.42. The van der Waals surface area contributed by atoms with Crippen molar-refractivity contribution in [2.45, 2.75) is 13.8 Å². The first-order chi connectivity index (χ1) is 10.2. The fourth-order valence-corrected chi connectivity index (χ4v) is 2.87. The van der Waals surface area contributed by atoms with Gasteiger partial charge in [0.25, 0.3) is 0 Å². The van der Waals surface area contributed by atoms with E-state index in [1.54, 1.807) is 13.8 Å². The second kappa shape index (κ2) is 5.61. The van der Waals surface area contributed by atoms with Crippen molar-refractivity contribution in [3.8, 4) is 0 Å². The van der Waals surface area contributed by atoms with Crippen LogP contribution in [0.15, 0.2) is 18.2 Å². The van der Waals surface area contributed by atoms with E-state index in [1.165, 1.54) is 25.3 Å². The number of carbonyl (C=O) groups is 3. The highest BCUT2D eigenvalue weighted by Gasteiger charge is 2.65. The van der Waals surface area contributed by atoms with Crippen LogP contribution in [0.5, 0.6) is 0 Å². The molecule has 1 amide bonds. The number of rotatable bonds is 4. The summed E-state index contributed by atoms with van der Waals surface area (Å²) < 4.78 is 4.65. The number of aliphatic carboxylic acids is 1. The molecule has 1 aromatic carbocycles. The molecule has 0 spiro atoms. The van der Waals surface area contributed by atoms with E-state index in [4.69, 9.17) is 16.7 Å². The number of carboxylic acid groups (broad SMARTS) is 1. The zero-order valence-corrected chi connectivity index (χ0v) is 13.1. The van der Waals surface area contributed by atoms with Gasteiger partial charge in [0.05, 0.1) is 30.2 Å². The van der Waals surface area contributed by atoms with Crippen molar-refractivity contribution < 1.29 is 24.2 Å². The van der Waals surface area contributed by atoms with Gasteiger partial charge in [0.1, 0.15) is 0 Å². The summed E-state index contributed by atoms with van der Waals surface area (Å²) in [5.74, 6) is -3.46. The quantitative estimate of drug-likeness (QED) is 0.829. The number of hydrogen-bond acceptors (Lipinski definition) is 4. The summed E-state index contributed by atoms with van der Waals surface area (Å²) in [5, 5.41) is 12.0. The molecule has 2 atom stereocenters. The van der Waals surface area contributed by atoms with Gasteiger partial charge in [0.15, 0.2) is 0 Å². The molecule has 1 aromatic rings. The summed E-state index contributed by atoms with van der Waals surface area (Å²) in [7, 11) is 1.22. The number of amides is 1. The van der Waals surface area contributed by atoms with Gasteiger partial charge in [-0.1, -0.05) is 25.4 Å². The van der Waals surface area contributed by atoms with Gasteiger partial charge in [-0.3, -0.25) is 9.59 Å². The third-order valence-electron chi connectivity index (χ3n) is 4.02. The van der Waals surface area contributed by atoms with Crippen LogP contribution in [-0.4, -0.2) is 30.1 Å². The first-order valence-corrected chi connectivity index (χ1v) is 6.99. The number of esters is 1. The second-order valence-corrected chi connectivity index (χ2v) is 6.22. The van der Waals surface area contributed by atoms with Crippen LogP contribution in [0.4, 0.5) is 5.69 Å². The van der Waals surface area contributed by atoms with E-state index < -0.39 is 35.1 Å². The molecule has 22 heavy (non-hydrogen) atoms. The van der Waals surface area contributed by atoms with Crippen LogP contribution in [0.2, 0.25) is 5.02 Å². The summed E-state index contributed by atoms with van der Waals surface area (Å²) in [4.78, 5) is 35.2. The maximum absolute atomic E-state index is 12.3. The second-order valence-electron chi connectivity index (χ2n) is 5.79. The lowest BCUT2D eigenvalue weighted by Crippen LogP contribution is -2.19. The molecule has 6 nitrogen and oxygen atoms in total. The van der Waals surface area contributed by atoms with Crippen LogP contribution >= 0.6 is 11.6 Å². The van der Waals surface area contributed by atoms with Crippen LogP contribution in [0, 0.1) is 17.3 Å². The van der Waals surface area contributed by atoms with Gasteiger partial charge in [-0.05, 0) is 23.6 Å². The Bertz CT molecular complexity index is 655. The summed E-state index contributed by atoms with van der Waals surface area (Å²) in [6.45, 7) is 3.44. The van der Waals surface area contributed by atoms with E-state index in [2.05, 4.69) is 10.1 Å². The third-order valence-corrected chi connectivity index (χ3v) is 4.26. The lowest BCUT2D eigenvalue weighted by molar-refractivity contribution is -0.140. The number of nitrogens with one attached hydrogen (secondary N) is 1. The minimum absolute atomic E-state index is 0.119. The molecule has 0 aromatic heterocycles. The van der Waals surface area contributed by atoms with E-state index in [9.17, 15) is 14.4 Å². The van der Waals surface area contributed by atoms with Crippen molar-refractivity contribution in [1.29, 1.82) is 0 Å². The van der Waals surface area contributed by atoms with Gasteiger partial charge >= 0.3 is 11.9 Å². The largest absolute Gasteiger partial charge is 0.481 e. The topological polar surface area (TPSA) is 92.7 Å². The first kappa shape index (κ1) is 16.3. The molecular formula is C15H16ClNO5. The minimum Gasteiger partial charge on any atom is -0.481 e. The molecular weight excluding hydrogens is 310 g/mol. The first-order valence-electron chi connectivity index (χ1n) is 6.61. The molecule has 0 bridgehead atoms. The number of benzene rings is 1. The molecule has 0 saturated heterocycles. The predicted molar refractivity (Wildman–Crippen MR) is 79.8 cm³/mol. The number of carbonyl (C=O) groups excluding carboxylic acids is 2. The highest BCUT2D eigenvalue weighted by atomic mass is 35.5. The zero-order chi connectivity index (χ0) is 16.7. The Balaban J connectivity index is 2.23. The van der Waals surface area contributed by atoms with Crippen LogP contribution in [-0.2, 0) is 14.3 Å². The van der Waals surface area contributed by atoms with Gasteiger partial charge in [-0.25, -0.2) is 4.79 Å². The molecule has 1 aliphatic rings. The molecule has 0 heterocycles. The van der Waals surface area contributed by atoms with Gasteiger partial charge in [-0.15, -0.1) is 0 Å². The number of hydrogen-bond donors (Lipinski definition) is 2. The fraction of sp³-hybridized carbons (Fsp3) is 0.400. The maximum Gasteiger partial charge on any atom is 0.340 e. The fourth-order valence-electron chi connectivity index (χ4n) is 2.70. The Labute approximate surface area is 132 Å². The molecule has 2 N–H and O–H groups in total. The van der Waals surface area contributed by atoms with Crippen LogP contribution < -0.4 is 5.32 Å². The Morgan fingerprint density at radius 2 is 1.91 bits per heavy atom. The van der Waals surface area contributed by atoms with Gasteiger partial charge in [-0.2, -0.15) is 0 Å². The Hall–Kier alpha value is -2.08. The van der Waals surface area contributed by atoms with Crippen molar-refractivity contribution in [2.24, 2.45) is 17.3 Å². The van der Waals surface area contributed by atoms with E-state index in [-0.39, 0.29) is 11.3 Å². The maximum atomic E-state index is 12.3. The van der Waals surface area contributed by atoms with E-state index in [0.29, 0.717) is 5.02 Å². The van der Waals surface area contributed by atoms with Crippen LogP contribution in [0.3, 0.4) is 0 Å². The summed E-state index contributed by atoms with van der Waals surface area (Å²) in [6, 6.07) is 4.39. The average molecular weight is 326 g/mol. The molecule has 118 valence electrons. The Morgan fingerprint density at radius 3 is 2.41 bits per heavy atom. The standard InChI is InChI=1S/C15H16ClNO5/c1-15(2)10(11(15)13(19)20)12(18)17-9-5-4-7(16)6-8(9)14(21)22-3/h4-6,10-11H,1-3H3,(H,17,18)(H,19,20). The Morgan fingerprint density at radius 1 is 1.27 bits per heavy atom.